The van der Waals surface area contributed by atoms with Gasteiger partial charge in [-0.05, 0) is 102 Å². The van der Waals surface area contributed by atoms with E-state index in [1.54, 1.807) is 26.4 Å². The Hall–Kier alpha value is -5.80. The van der Waals surface area contributed by atoms with Gasteiger partial charge in [0, 0.05) is 23.9 Å². The van der Waals surface area contributed by atoms with Crippen LogP contribution in [-0.4, -0.2) is 85.8 Å². The minimum absolute atomic E-state index is 0.279. The first-order chi connectivity index (χ1) is 24.3. The third kappa shape index (κ3) is 4.96. The Morgan fingerprint density at radius 2 is 0.900 bits per heavy atom. The van der Waals surface area contributed by atoms with Gasteiger partial charge in [-0.3, -0.25) is 29.0 Å². The molecule has 0 atom stereocenters. The Kier molecular flexibility index (Phi) is 7.72. The molecule has 0 bridgehead atoms. The average molecular weight is 666 g/mol. The molecule has 0 aromatic heterocycles. The predicted molar refractivity (Wildman–Crippen MR) is 193 cm³/mol. The quantitative estimate of drug-likeness (QED) is 0.116. The summed E-state index contributed by atoms with van der Waals surface area (Å²) < 4.78 is 10.9. The highest BCUT2D eigenvalue weighted by atomic mass is 16.5. The molecule has 0 saturated carbocycles. The van der Waals surface area contributed by atoms with E-state index < -0.39 is 0 Å². The lowest BCUT2D eigenvalue weighted by Crippen LogP contribution is -2.34. The SMILES string of the molecule is COc1ccc2ccc3ccc4c(c3c2c1)C(=O)N(CCCN(C)CCCN1C(=O)c2ccc3ccc5ccc(OC)cc5c3c2C1=O)C4=O. The summed E-state index contributed by atoms with van der Waals surface area (Å²) in [5, 5.41) is 7.02. The second-order valence-electron chi connectivity index (χ2n) is 13.0. The Bertz CT molecular complexity index is 2270. The van der Waals surface area contributed by atoms with Gasteiger partial charge in [0.25, 0.3) is 23.6 Å². The molecule has 2 heterocycles. The summed E-state index contributed by atoms with van der Waals surface area (Å²) in [7, 11) is 5.18. The third-order valence-electron chi connectivity index (χ3n) is 10.1. The van der Waals surface area contributed by atoms with E-state index in [9.17, 15) is 19.2 Å². The monoisotopic (exact) mass is 665 g/mol. The molecule has 2 aliphatic rings. The maximum atomic E-state index is 13.7. The van der Waals surface area contributed by atoms with E-state index in [1.165, 1.54) is 9.80 Å². The molecular weight excluding hydrogens is 630 g/mol. The van der Waals surface area contributed by atoms with Crippen LogP contribution in [0.2, 0.25) is 0 Å². The van der Waals surface area contributed by atoms with Gasteiger partial charge in [-0.15, -0.1) is 0 Å². The van der Waals surface area contributed by atoms with Crippen LogP contribution in [0.25, 0.3) is 43.1 Å². The van der Waals surface area contributed by atoms with Gasteiger partial charge in [0.1, 0.15) is 11.5 Å². The van der Waals surface area contributed by atoms with Crippen molar-refractivity contribution in [2.75, 3.05) is 47.4 Å². The summed E-state index contributed by atoms with van der Waals surface area (Å²) >= 11 is 0. The van der Waals surface area contributed by atoms with Crippen molar-refractivity contribution in [2.24, 2.45) is 0 Å². The lowest BCUT2D eigenvalue weighted by atomic mass is 9.95. The van der Waals surface area contributed by atoms with Gasteiger partial charge in [-0.1, -0.05) is 48.5 Å². The van der Waals surface area contributed by atoms with Crippen LogP contribution in [0, 0.1) is 0 Å². The van der Waals surface area contributed by atoms with E-state index in [1.807, 2.05) is 79.8 Å². The minimum atomic E-state index is -0.280. The highest BCUT2D eigenvalue weighted by molar-refractivity contribution is 6.31. The number of carbonyl (C=O) groups excluding carboxylic acids is 4. The van der Waals surface area contributed by atoms with Crippen LogP contribution >= 0.6 is 0 Å². The summed E-state index contributed by atoms with van der Waals surface area (Å²) in [5.41, 5.74) is 1.74. The van der Waals surface area contributed by atoms with Crippen molar-refractivity contribution in [3.8, 4) is 11.5 Å². The highest BCUT2D eigenvalue weighted by Gasteiger charge is 2.38. The van der Waals surface area contributed by atoms with E-state index in [-0.39, 0.29) is 36.7 Å². The van der Waals surface area contributed by atoms with Gasteiger partial charge in [0.05, 0.1) is 36.5 Å². The number of imide groups is 2. The van der Waals surface area contributed by atoms with E-state index >= 15 is 0 Å². The van der Waals surface area contributed by atoms with Crippen LogP contribution in [0.15, 0.2) is 84.9 Å². The topological polar surface area (TPSA) is 96.5 Å². The van der Waals surface area contributed by atoms with Crippen LogP contribution in [-0.2, 0) is 0 Å². The number of fused-ring (bicyclic) bond motifs is 10. The summed E-state index contributed by atoms with van der Waals surface area (Å²) in [6.45, 7) is 1.84. The molecule has 0 fully saturated rings. The molecule has 250 valence electrons. The second-order valence-corrected chi connectivity index (χ2v) is 13.0. The van der Waals surface area contributed by atoms with Gasteiger partial charge >= 0.3 is 0 Å². The zero-order valence-corrected chi connectivity index (χ0v) is 28.1. The molecule has 6 aromatic carbocycles. The van der Waals surface area contributed by atoms with Crippen LogP contribution < -0.4 is 9.47 Å². The van der Waals surface area contributed by atoms with Gasteiger partial charge in [-0.2, -0.15) is 0 Å². The predicted octanol–water partition coefficient (Wildman–Crippen LogP) is 6.92. The first-order valence-corrected chi connectivity index (χ1v) is 16.8. The van der Waals surface area contributed by atoms with Crippen molar-refractivity contribution in [2.45, 2.75) is 12.8 Å². The molecule has 8 rings (SSSR count). The molecule has 9 heteroatoms. The van der Waals surface area contributed by atoms with Gasteiger partial charge < -0.3 is 14.4 Å². The van der Waals surface area contributed by atoms with Crippen LogP contribution in [0.4, 0.5) is 0 Å². The van der Waals surface area contributed by atoms with Crippen LogP contribution in [0.1, 0.15) is 54.3 Å². The number of hydrogen-bond donors (Lipinski definition) is 0. The van der Waals surface area contributed by atoms with Crippen LogP contribution in [0.3, 0.4) is 0 Å². The third-order valence-corrected chi connectivity index (χ3v) is 10.1. The largest absolute Gasteiger partial charge is 0.497 e. The number of benzene rings is 6. The fourth-order valence-electron chi connectivity index (χ4n) is 7.56. The molecule has 0 N–H and O–H groups in total. The van der Waals surface area contributed by atoms with Gasteiger partial charge in [0.2, 0.25) is 0 Å². The Labute approximate surface area is 288 Å². The van der Waals surface area contributed by atoms with Gasteiger partial charge in [0.15, 0.2) is 0 Å². The van der Waals surface area contributed by atoms with Crippen molar-refractivity contribution in [1.82, 2.24) is 14.7 Å². The first kappa shape index (κ1) is 31.5. The summed E-state index contributed by atoms with van der Waals surface area (Å²) in [4.78, 5) is 59.1. The number of carbonyl (C=O) groups is 4. The zero-order chi connectivity index (χ0) is 34.7. The lowest BCUT2D eigenvalue weighted by molar-refractivity contribution is 0.0640. The molecule has 4 amide bonds. The number of amides is 4. The highest BCUT2D eigenvalue weighted by Crippen LogP contribution is 2.38. The fourth-order valence-corrected chi connectivity index (χ4v) is 7.56. The summed E-state index contributed by atoms with van der Waals surface area (Å²) in [6, 6.07) is 26.8. The normalized spacial score (nSPS) is 14.2. The molecule has 9 nitrogen and oxygen atoms in total. The standard InChI is InChI=1S/C41H35N3O6/c1-42(18-4-20-43-38(45)30-16-12-26-8-6-24-10-14-28(49-2)22-32(24)34(26)36(30)40(43)47)19-5-21-44-39(46)31-17-13-27-9-7-25-11-15-29(50-3)23-33(25)35(27)37(31)41(44)48/h6-17,22-23H,4-5,18-21H2,1-3H3. The number of hydrogen-bond acceptors (Lipinski definition) is 7. The number of nitrogens with zero attached hydrogens (tertiary/aromatic N) is 3. The second kappa shape index (κ2) is 12.3. The fraction of sp³-hybridized carbons (Fsp3) is 0.220. The average Bonchev–Trinajstić information content (AvgIpc) is 3.53. The van der Waals surface area contributed by atoms with Crippen LogP contribution in [0.5, 0.6) is 11.5 Å². The van der Waals surface area contributed by atoms with Gasteiger partial charge in [-0.25, -0.2) is 0 Å². The maximum Gasteiger partial charge on any atom is 0.262 e. The zero-order valence-electron chi connectivity index (χ0n) is 28.1. The molecule has 0 unspecified atom stereocenters. The van der Waals surface area contributed by atoms with Crippen molar-refractivity contribution in [1.29, 1.82) is 0 Å². The molecule has 0 spiro atoms. The Morgan fingerprint density at radius 3 is 1.32 bits per heavy atom. The summed E-state index contributed by atoms with van der Waals surface area (Å²) in [6.07, 6.45) is 1.17. The van der Waals surface area contributed by atoms with E-state index in [4.69, 9.17) is 9.47 Å². The molecule has 50 heavy (non-hydrogen) atoms. The summed E-state index contributed by atoms with van der Waals surface area (Å²) in [5.74, 6) is 0.254. The Balaban J connectivity index is 0.920. The molecule has 0 saturated heterocycles. The number of ether oxygens (including phenoxy) is 2. The maximum absolute atomic E-state index is 13.7. The Morgan fingerprint density at radius 1 is 0.520 bits per heavy atom. The molecule has 0 aliphatic carbocycles. The molecule has 2 aliphatic heterocycles. The van der Waals surface area contributed by atoms with E-state index in [2.05, 4.69) is 4.90 Å². The number of rotatable bonds is 10. The lowest BCUT2D eigenvalue weighted by Gasteiger charge is -2.20. The van der Waals surface area contributed by atoms with E-state index in [0.717, 1.165) is 43.1 Å². The van der Waals surface area contributed by atoms with Crippen molar-refractivity contribution < 1.29 is 28.7 Å². The molecule has 6 aromatic rings. The minimum Gasteiger partial charge on any atom is -0.497 e. The first-order valence-electron chi connectivity index (χ1n) is 16.8. The molecule has 0 radical (unpaired) electrons. The molecular formula is C41H35N3O6. The van der Waals surface area contributed by atoms with Crippen molar-refractivity contribution >= 4 is 66.7 Å². The van der Waals surface area contributed by atoms with E-state index in [0.29, 0.717) is 59.7 Å². The van der Waals surface area contributed by atoms with Crippen molar-refractivity contribution in [3.63, 3.8) is 0 Å². The number of methoxy groups -OCH3 is 2. The van der Waals surface area contributed by atoms with Crippen molar-refractivity contribution in [3.05, 3.63) is 107 Å². The smallest absolute Gasteiger partial charge is 0.262 e.